The van der Waals surface area contributed by atoms with E-state index in [1.165, 1.54) is 38.5 Å². The average molecular weight is 294 g/mol. The monoisotopic (exact) mass is 294 g/mol. The summed E-state index contributed by atoms with van der Waals surface area (Å²) in [6.07, 6.45) is 7.52. The van der Waals surface area contributed by atoms with Crippen molar-refractivity contribution >= 4 is 11.9 Å². The van der Waals surface area contributed by atoms with Crippen molar-refractivity contribution < 1.29 is 38.7 Å². The maximum absolute atomic E-state index is 9.43. The van der Waals surface area contributed by atoms with E-state index in [0.717, 1.165) is 0 Å². The molecule has 0 heterocycles. The molecule has 21 heavy (non-hydrogen) atoms. The largest absolute Gasteiger partial charge is 1.00 e. The van der Waals surface area contributed by atoms with Gasteiger partial charge in [-0.25, -0.2) is 0 Å². The van der Waals surface area contributed by atoms with Gasteiger partial charge in [0.05, 0.1) is 0 Å². The van der Waals surface area contributed by atoms with E-state index >= 15 is 0 Å². The second-order valence-corrected chi connectivity index (χ2v) is 6.16. The maximum atomic E-state index is 9.43. The van der Waals surface area contributed by atoms with E-state index < -0.39 is 18.4 Å². The first-order chi connectivity index (χ1) is 9.11. The number of hydrogen-bond acceptors (Lipinski definition) is 2. The van der Waals surface area contributed by atoms with Crippen LogP contribution in [-0.2, 0) is 9.59 Å². The first-order valence-corrected chi connectivity index (χ1v) is 7.37. The summed E-state index contributed by atoms with van der Waals surface area (Å²) >= 11 is 0. The first-order valence-electron chi connectivity index (χ1n) is 7.37. The van der Waals surface area contributed by atoms with Gasteiger partial charge in [0.25, 0.3) is 0 Å². The third-order valence-electron chi connectivity index (χ3n) is 3.24. The summed E-state index contributed by atoms with van der Waals surface area (Å²) in [5.74, 6) is -0.969. The van der Waals surface area contributed by atoms with Crippen LogP contribution in [0.1, 0.15) is 79.6 Å². The van der Waals surface area contributed by atoms with Gasteiger partial charge in [0, 0.05) is 0 Å². The molecule has 5 heteroatoms. The fourth-order valence-electron chi connectivity index (χ4n) is 1.50. The zero-order valence-electron chi connectivity index (χ0n) is 14.7. The number of aliphatic carboxylic acids is 2. The number of carboxylic acids is 2. The molecule has 0 unspecified atom stereocenters. The number of rotatable bonds is 8. The summed E-state index contributed by atoms with van der Waals surface area (Å²) in [7, 11) is 0. The molecule has 0 aliphatic carbocycles. The number of carboxylic acid groups (broad SMARTS) is 2. The quantitative estimate of drug-likeness (QED) is 0.308. The fourth-order valence-corrected chi connectivity index (χ4v) is 1.50. The van der Waals surface area contributed by atoms with Gasteiger partial charge in [-0.05, 0) is 0 Å². The molecule has 0 spiro atoms. The van der Waals surface area contributed by atoms with E-state index in [-0.39, 0.29) is 18.9 Å². The molecular formula is C16H31LiO4. The van der Waals surface area contributed by atoms with Crippen LogP contribution in [0.2, 0.25) is 0 Å². The molecule has 0 aromatic carbocycles. The van der Waals surface area contributed by atoms with Crippen LogP contribution in [-0.4, -0.2) is 22.2 Å². The Morgan fingerprint density at radius 2 is 1.38 bits per heavy atom. The van der Waals surface area contributed by atoms with Crippen molar-refractivity contribution in [2.45, 2.75) is 79.6 Å². The van der Waals surface area contributed by atoms with Crippen LogP contribution in [0.15, 0.2) is 0 Å². The van der Waals surface area contributed by atoms with Gasteiger partial charge in [0.1, 0.15) is 6.42 Å². The van der Waals surface area contributed by atoms with Gasteiger partial charge in [-0.1, -0.05) is 59.8 Å². The van der Waals surface area contributed by atoms with Crippen LogP contribution in [0.5, 0.6) is 0 Å². The second kappa shape index (κ2) is 14.5. The van der Waals surface area contributed by atoms with Gasteiger partial charge in [0.15, 0.2) is 0 Å². The topological polar surface area (TPSA) is 74.6 Å². The Balaban J connectivity index is -0.000000347. The molecule has 0 aliphatic rings. The van der Waals surface area contributed by atoms with Crippen LogP contribution in [0, 0.1) is 11.3 Å². The van der Waals surface area contributed by atoms with Gasteiger partial charge < -0.3 is 16.1 Å². The summed E-state index contributed by atoms with van der Waals surface area (Å²) < 4.78 is 0. The summed E-state index contributed by atoms with van der Waals surface area (Å²) in [4.78, 5) is 18.9. The van der Waals surface area contributed by atoms with Gasteiger partial charge in [-0.3, -0.25) is 9.59 Å². The first kappa shape index (κ1) is 25.5. The molecule has 4 nitrogen and oxygen atoms in total. The van der Waals surface area contributed by atoms with E-state index in [9.17, 15) is 9.59 Å². The number of hydrogen-bond donors (Lipinski definition) is 2. The Morgan fingerprint density at radius 1 is 0.952 bits per heavy atom. The van der Waals surface area contributed by atoms with Crippen LogP contribution < -0.4 is 18.9 Å². The van der Waals surface area contributed by atoms with Crippen LogP contribution in [0.25, 0.3) is 0 Å². The van der Waals surface area contributed by atoms with Crippen molar-refractivity contribution in [1.82, 2.24) is 0 Å². The summed E-state index contributed by atoms with van der Waals surface area (Å²) in [6.45, 7) is 11.5. The Morgan fingerprint density at radius 3 is 1.67 bits per heavy atom. The molecule has 0 radical (unpaired) electrons. The number of unbranched alkanes of at least 4 members (excludes halogenated alkanes) is 4. The molecule has 0 aliphatic heterocycles. The summed E-state index contributed by atoms with van der Waals surface area (Å²) in [5.41, 5.74) is 0.421. The minimum absolute atomic E-state index is 0. The molecule has 0 amide bonds. The zero-order chi connectivity index (χ0) is 16.2. The molecule has 0 fully saturated rings. The van der Waals surface area contributed by atoms with Gasteiger partial charge in [0.2, 0.25) is 0 Å². The van der Waals surface area contributed by atoms with Crippen molar-refractivity contribution in [1.29, 1.82) is 0 Å². The summed E-state index contributed by atoms with van der Waals surface area (Å²) in [6, 6.07) is 0. The molecule has 0 rings (SSSR count). The normalized spacial score (nSPS) is 10.4. The molecule has 0 saturated carbocycles. The van der Waals surface area contributed by atoms with E-state index in [4.69, 9.17) is 10.2 Å². The predicted molar refractivity (Wildman–Crippen MR) is 81.6 cm³/mol. The molecule has 0 bridgehead atoms. The molecule has 0 aromatic heterocycles. The molecule has 2 N–H and O–H groups in total. The Hall–Kier alpha value is -0.463. The standard InChI is InChI=1S/C13H27.C3H4O4.Li/c1-6-7-8-9-10-11-12(2)13(3,4)5;4-2(5)1-3(6)7;/h6-11H2,1-5H3;1H2,(H,4,5)(H,6,7);/q-1;;+1. The maximum Gasteiger partial charge on any atom is 1.00 e. The number of carbonyl (C=O) groups is 2. The third-order valence-corrected chi connectivity index (χ3v) is 3.24. The van der Waals surface area contributed by atoms with E-state index in [1.807, 2.05) is 0 Å². The Kier molecular flexibility index (Phi) is 17.6. The molecule has 120 valence electrons. The molecular weight excluding hydrogens is 263 g/mol. The van der Waals surface area contributed by atoms with Crippen molar-refractivity contribution in [3.05, 3.63) is 5.92 Å². The van der Waals surface area contributed by atoms with Crippen LogP contribution >= 0.6 is 0 Å². The molecule has 0 saturated heterocycles. The predicted octanol–water partition coefficient (Wildman–Crippen LogP) is 1.54. The minimum Gasteiger partial charge on any atom is -0.481 e. The molecule has 0 aromatic rings. The van der Waals surface area contributed by atoms with Crippen molar-refractivity contribution in [2.24, 2.45) is 5.41 Å². The Labute approximate surface area is 141 Å². The minimum atomic E-state index is -1.31. The van der Waals surface area contributed by atoms with Crippen molar-refractivity contribution in [3.8, 4) is 0 Å². The van der Waals surface area contributed by atoms with E-state index in [0.29, 0.717) is 5.41 Å². The van der Waals surface area contributed by atoms with Gasteiger partial charge in [-0.2, -0.15) is 18.8 Å². The van der Waals surface area contributed by atoms with E-state index in [2.05, 4.69) is 34.6 Å². The van der Waals surface area contributed by atoms with Gasteiger partial charge >= 0.3 is 30.8 Å². The zero-order valence-corrected chi connectivity index (χ0v) is 14.7. The third kappa shape index (κ3) is 22.0. The van der Waals surface area contributed by atoms with Crippen molar-refractivity contribution in [2.75, 3.05) is 0 Å². The summed E-state index contributed by atoms with van der Waals surface area (Å²) in [5, 5.41) is 15.4. The molecule has 0 atom stereocenters. The van der Waals surface area contributed by atoms with Crippen LogP contribution in [0.3, 0.4) is 0 Å². The van der Waals surface area contributed by atoms with Gasteiger partial charge in [-0.15, -0.1) is 0 Å². The van der Waals surface area contributed by atoms with Crippen LogP contribution in [0.4, 0.5) is 0 Å². The van der Waals surface area contributed by atoms with Crippen molar-refractivity contribution in [3.63, 3.8) is 0 Å². The second-order valence-electron chi connectivity index (χ2n) is 6.16. The Bertz CT molecular complexity index is 260. The fraction of sp³-hybridized carbons (Fsp3) is 0.812. The van der Waals surface area contributed by atoms with E-state index in [1.54, 1.807) is 5.92 Å². The SMILES string of the molecule is CCCCCCC[C-](C)C(C)(C)C.O=C(O)CC(=O)O.[Li+]. The average Bonchev–Trinajstić information content (AvgIpc) is 2.26. The smallest absolute Gasteiger partial charge is 0.481 e.